The molecule has 2 fully saturated rings. The SMILES string of the molecule is CC(C)C(C(=O)NN)N1CCC2CCC(C1)N2C. The minimum absolute atomic E-state index is 0.0505. The number of likely N-dealkylation sites (tertiary alicyclic amines) is 1. The molecule has 2 saturated heterocycles. The highest BCUT2D eigenvalue weighted by atomic mass is 16.2. The van der Waals surface area contributed by atoms with Crippen molar-refractivity contribution in [1.29, 1.82) is 0 Å². The van der Waals surface area contributed by atoms with Crippen LogP contribution in [-0.4, -0.2) is 54.0 Å². The van der Waals surface area contributed by atoms with Crippen molar-refractivity contribution in [2.45, 2.75) is 51.2 Å². The van der Waals surface area contributed by atoms with E-state index in [4.69, 9.17) is 5.84 Å². The molecule has 1 amide bonds. The summed E-state index contributed by atoms with van der Waals surface area (Å²) in [5.74, 6) is 5.56. The van der Waals surface area contributed by atoms with Gasteiger partial charge in [-0.25, -0.2) is 5.84 Å². The largest absolute Gasteiger partial charge is 0.299 e. The van der Waals surface area contributed by atoms with Gasteiger partial charge < -0.3 is 0 Å². The zero-order valence-corrected chi connectivity index (χ0v) is 11.7. The molecule has 3 N–H and O–H groups in total. The second-order valence-electron chi connectivity index (χ2n) is 6.03. The first kappa shape index (κ1) is 13.8. The van der Waals surface area contributed by atoms with Crippen molar-refractivity contribution in [1.82, 2.24) is 15.2 Å². The van der Waals surface area contributed by atoms with Crippen LogP contribution in [-0.2, 0) is 4.79 Å². The second kappa shape index (κ2) is 5.55. The fraction of sp³-hybridized carbons (Fsp3) is 0.923. The van der Waals surface area contributed by atoms with Crippen LogP contribution in [0, 0.1) is 5.92 Å². The van der Waals surface area contributed by atoms with E-state index in [9.17, 15) is 4.79 Å². The quantitative estimate of drug-likeness (QED) is 0.428. The van der Waals surface area contributed by atoms with Gasteiger partial charge in [-0.1, -0.05) is 13.8 Å². The summed E-state index contributed by atoms with van der Waals surface area (Å²) in [6.07, 6.45) is 3.73. The molecule has 2 bridgehead atoms. The van der Waals surface area contributed by atoms with Crippen molar-refractivity contribution in [2.75, 3.05) is 20.1 Å². The van der Waals surface area contributed by atoms with Gasteiger partial charge in [-0.2, -0.15) is 0 Å². The Morgan fingerprint density at radius 2 is 1.94 bits per heavy atom. The minimum atomic E-state index is -0.0947. The Balaban J connectivity index is 2.10. The van der Waals surface area contributed by atoms with Crippen molar-refractivity contribution in [3.05, 3.63) is 0 Å². The topological polar surface area (TPSA) is 61.6 Å². The van der Waals surface area contributed by atoms with E-state index < -0.39 is 0 Å². The lowest BCUT2D eigenvalue weighted by Crippen LogP contribution is -2.53. The zero-order chi connectivity index (χ0) is 13.3. The number of fused-ring (bicyclic) bond motifs is 2. The lowest BCUT2D eigenvalue weighted by atomic mass is 9.99. The number of nitrogens with two attached hydrogens (primary N) is 1. The number of nitrogens with zero attached hydrogens (tertiary/aromatic N) is 2. The Labute approximate surface area is 110 Å². The lowest BCUT2D eigenvalue weighted by Gasteiger charge is -2.34. The molecule has 2 rings (SSSR count). The highest BCUT2D eigenvalue weighted by molar-refractivity contribution is 5.81. The average Bonchev–Trinajstić information content (AvgIpc) is 2.56. The minimum Gasteiger partial charge on any atom is -0.299 e. The fourth-order valence-corrected chi connectivity index (χ4v) is 3.56. The predicted octanol–water partition coefficient (Wildman–Crippen LogP) is 0.169. The molecular weight excluding hydrogens is 228 g/mol. The van der Waals surface area contributed by atoms with Gasteiger partial charge in [-0.05, 0) is 32.2 Å². The third-order valence-electron chi connectivity index (χ3n) is 4.62. The summed E-state index contributed by atoms with van der Waals surface area (Å²) >= 11 is 0. The molecule has 0 aromatic rings. The first-order chi connectivity index (χ1) is 8.54. The van der Waals surface area contributed by atoms with Crippen molar-refractivity contribution in [2.24, 2.45) is 11.8 Å². The third kappa shape index (κ3) is 2.53. The second-order valence-corrected chi connectivity index (χ2v) is 6.03. The first-order valence-electron chi connectivity index (χ1n) is 7.01. The van der Waals surface area contributed by atoms with E-state index in [0.717, 1.165) is 19.5 Å². The maximum atomic E-state index is 12.0. The van der Waals surface area contributed by atoms with Crippen LogP contribution in [0.25, 0.3) is 0 Å². The molecule has 2 aliphatic rings. The Morgan fingerprint density at radius 1 is 1.28 bits per heavy atom. The molecule has 104 valence electrons. The van der Waals surface area contributed by atoms with Crippen LogP contribution in [0.4, 0.5) is 0 Å². The van der Waals surface area contributed by atoms with Crippen LogP contribution in [0.5, 0.6) is 0 Å². The molecule has 0 radical (unpaired) electrons. The number of hydrogen-bond donors (Lipinski definition) is 2. The molecule has 0 spiro atoms. The molecule has 0 saturated carbocycles. The zero-order valence-electron chi connectivity index (χ0n) is 11.7. The Bertz CT molecular complexity index is 307. The van der Waals surface area contributed by atoms with E-state index in [1.165, 1.54) is 12.8 Å². The van der Waals surface area contributed by atoms with E-state index in [1.54, 1.807) is 0 Å². The van der Waals surface area contributed by atoms with Gasteiger partial charge in [0.25, 0.3) is 5.91 Å². The maximum Gasteiger partial charge on any atom is 0.251 e. The van der Waals surface area contributed by atoms with Gasteiger partial charge in [0.15, 0.2) is 0 Å². The summed E-state index contributed by atoms with van der Waals surface area (Å²) in [6.45, 7) is 6.17. The molecule has 2 heterocycles. The third-order valence-corrected chi connectivity index (χ3v) is 4.62. The molecule has 0 aromatic carbocycles. The molecule has 3 atom stereocenters. The van der Waals surface area contributed by atoms with E-state index in [1.807, 2.05) is 0 Å². The van der Waals surface area contributed by atoms with Gasteiger partial charge in [0, 0.05) is 25.2 Å². The molecule has 18 heavy (non-hydrogen) atoms. The number of rotatable bonds is 3. The lowest BCUT2D eigenvalue weighted by molar-refractivity contribution is -0.128. The molecule has 0 aliphatic carbocycles. The van der Waals surface area contributed by atoms with E-state index in [2.05, 4.69) is 36.1 Å². The van der Waals surface area contributed by atoms with E-state index in [0.29, 0.717) is 12.1 Å². The smallest absolute Gasteiger partial charge is 0.251 e. The summed E-state index contributed by atoms with van der Waals surface area (Å²) < 4.78 is 0. The summed E-state index contributed by atoms with van der Waals surface area (Å²) in [5, 5.41) is 0. The molecule has 0 aromatic heterocycles. The van der Waals surface area contributed by atoms with Crippen molar-refractivity contribution >= 4 is 5.91 Å². The molecule has 3 unspecified atom stereocenters. The summed E-state index contributed by atoms with van der Waals surface area (Å²) in [7, 11) is 2.22. The van der Waals surface area contributed by atoms with Crippen LogP contribution in [0.1, 0.15) is 33.1 Å². The van der Waals surface area contributed by atoms with Gasteiger partial charge in [-0.3, -0.25) is 20.0 Å². The fourth-order valence-electron chi connectivity index (χ4n) is 3.56. The Hall–Kier alpha value is -0.650. The van der Waals surface area contributed by atoms with Crippen LogP contribution in [0.3, 0.4) is 0 Å². The van der Waals surface area contributed by atoms with Gasteiger partial charge >= 0.3 is 0 Å². The van der Waals surface area contributed by atoms with Crippen molar-refractivity contribution in [3.8, 4) is 0 Å². The van der Waals surface area contributed by atoms with Gasteiger partial charge in [0.2, 0.25) is 0 Å². The Kier molecular flexibility index (Phi) is 4.25. The van der Waals surface area contributed by atoms with Gasteiger partial charge in [0.05, 0.1) is 6.04 Å². The standard InChI is InChI=1S/C13H26N4O/c1-9(2)12(13(18)15-14)17-7-6-10-4-5-11(8-17)16(10)3/h9-12H,4-8,14H2,1-3H3,(H,15,18). The van der Waals surface area contributed by atoms with Crippen molar-refractivity contribution < 1.29 is 4.79 Å². The summed E-state index contributed by atoms with van der Waals surface area (Å²) in [4.78, 5) is 16.8. The van der Waals surface area contributed by atoms with Crippen LogP contribution >= 0.6 is 0 Å². The normalized spacial score (nSPS) is 31.4. The number of amides is 1. The molecule has 5 nitrogen and oxygen atoms in total. The number of hydrogen-bond acceptors (Lipinski definition) is 4. The summed E-state index contributed by atoms with van der Waals surface area (Å²) in [6, 6.07) is 1.21. The molecule has 5 heteroatoms. The number of carbonyl (C=O) groups excluding carboxylic acids is 1. The number of nitrogens with one attached hydrogen (secondary N) is 1. The molecular formula is C13H26N4O. The monoisotopic (exact) mass is 254 g/mol. The average molecular weight is 254 g/mol. The van der Waals surface area contributed by atoms with Gasteiger partial charge in [0.1, 0.15) is 0 Å². The van der Waals surface area contributed by atoms with E-state index >= 15 is 0 Å². The highest BCUT2D eigenvalue weighted by Crippen LogP contribution is 2.30. The highest BCUT2D eigenvalue weighted by Gasteiger charge is 2.38. The van der Waals surface area contributed by atoms with Crippen molar-refractivity contribution in [3.63, 3.8) is 0 Å². The molecule has 2 aliphatic heterocycles. The number of hydrazine groups is 1. The number of carbonyl (C=O) groups is 1. The first-order valence-corrected chi connectivity index (χ1v) is 7.01. The predicted molar refractivity (Wildman–Crippen MR) is 71.7 cm³/mol. The van der Waals surface area contributed by atoms with Gasteiger partial charge in [-0.15, -0.1) is 0 Å². The summed E-state index contributed by atoms with van der Waals surface area (Å²) in [5.41, 5.74) is 2.33. The van der Waals surface area contributed by atoms with E-state index in [-0.39, 0.29) is 17.9 Å². The Morgan fingerprint density at radius 3 is 2.56 bits per heavy atom. The maximum absolute atomic E-state index is 12.0. The van der Waals surface area contributed by atoms with Crippen LogP contribution in [0.15, 0.2) is 0 Å². The number of likely N-dealkylation sites (N-methyl/N-ethyl adjacent to an activating group) is 1. The van der Waals surface area contributed by atoms with Crippen LogP contribution < -0.4 is 11.3 Å². The van der Waals surface area contributed by atoms with Crippen LogP contribution in [0.2, 0.25) is 0 Å².